The zero-order valence-corrected chi connectivity index (χ0v) is 9.95. The fraction of sp³-hybridized carbons (Fsp3) is 0.462. The lowest BCUT2D eigenvalue weighted by atomic mass is 9.82. The van der Waals surface area contributed by atoms with E-state index in [1.807, 2.05) is 19.1 Å². The number of nitrogens with zero attached hydrogens (tertiary/aromatic N) is 1. The predicted octanol–water partition coefficient (Wildman–Crippen LogP) is 2.63. The molecule has 1 unspecified atom stereocenters. The fourth-order valence-corrected chi connectivity index (χ4v) is 2.20. The highest BCUT2D eigenvalue weighted by Crippen LogP contribution is 2.30. The number of benzene rings is 1. The van der Waals surface area contributed by atoms with Crippen molar-refractivity contribution in [3.05, 3.63) is 28.8 Å². The highest BCUT2D eigenvalue weighted by Gasteiger charge is 2.23. The van der Waals surface area contributed by atoms with E-state index in [1.54, 1.807) is 7.11 Å². The maximum Gasteiger partial charge on any atom is 0.118 e. The van der Waals surface area contributed by atoms with Crippen LogP contribution >= 0.6 is 0 Å². The van der Waals surface area contributed by atoms with Crippen LogP contribution in [0.4, 0.5) is 0 Å². The Morgan fingerprint density at radius 3 is 2.88 bits per heavy atom. The molecule has 1 aliphatic rings. The standard InChI is InChI=1S/C13H17NO2/c1-8-4-5-10-7-12(15)9(2)6-11(10)13(8)14-16-3/h6-8,15H,4-5H2,1-3H3. The molecule has 0 heterocycles. The summed E-state index contributed by atoms with van der Waals surface area (Å²) in [7, 11) is 1.57. The molecule has 0 saturated carbocycles. The number of oxime groups is 1. The molecule has 0 aromatic heterocycles. The van der Waals surface area contributed by atoms with Gasteiger partial charge in [0.05, 0.1) is 5.71 Å². The topological polar surface area (TPSA) is 41.8 Å². The summed E-state index contributed by atoms with van der Waals surface area (Å²) < 4.78 is 0. The molecule has 3 nitrogen and oxygen atoms in total. The highest BCUT2D eigenvalue weighted by atomic mass is 16.6. The molecule has 0 bridgehead atoms. The Balaban J connectivity index is 2.55. The molecule has 0 spiro atoms. The van der Waals surface area contributed by atoms with Gasteiger partial charge in [0.15, 0.2) is 0 Å². The molecule has 0 amide bonds. The minimum atomic E-state index is 0.366. The molecule has 0 fully saturated rings. The van der Waals surface area contributed by atoms with E-state index in [4.69, 9.17) is 4.84 Å². The van der Waals surface area contributed by atoms with E-state index >= 15 is 0 Å². The molecule has 3 heteroatoms. The van der Waals surface area contributed by atoms with Crippen molar-refractivity contribution in [2.75, 3.05) is 7.11 Å². The van der Waals surface area contributed by atoms with E-state index in [1.165, 1.54) is 0 Å². The molecule has 0 aliphatic heterocycles. The summed E-state index contributed by atoms with van der Waals surface area (Å²) in [6.45, 7) is 4.06. The van der Waals surface area contributed by atoms with Crippen LogP contribution in [0.3, 0.4) is 0 Å². The first-order chi connectivity index (χ1) is 7.63. The molecule has 0 radical (unpaired) electrons. The molecule has 1 aliphatic carbocycles. The van der Waals surface area contributed by atoms with Crippen LogP contribution in [0.5, 0.6) is 5.75 Å². The van der Waals surface area contributed by atoms with Crippen LogP contribution in [-0.4, -0.2) is 17.9 Å². The Morgan fingerprint density at radius 2 is 2.19 bits per heavy atom. The summed E-state index contributed by atoms with van der Waals surface area (Å²) in [5.41, 5.74) is 4.16. The van der Waals surface area contributed by atoms with Crippen molar-refractivity contribution in [2.45, 2.75) is 26.7 Å². The number of aromatic hydroxyl groups is 1. The van der Waals surface area contributed by atoms with Gasteiger partial charge in [-0.25, -0.2) is 0 Å². The zero-order chi connectivity index (χ0) is 11.7. The average molecular weight is 219 g/mol. The lowest BCUT2D eigenvalue weighted by Gasteiger charge is -2.23. The summed E-state index contributed by atoms with van der Waals surface area (Å²) >= 11 is 0. The molecular formula is C13H17NO2. The summed E-state index contributed by atoms with van der Waals surface area (Å²) in [5, 5.41) is 13.8. The summed E-state index contributed by atoms with van der Waals surface area (Å²) in [6.07, 6.45) is 2.05. The van der Waals surface area contributed by atoms with Gasteiger partial charge >= 0.3 is 0 Å². The van der Waals surface area contributed by atoms with Gasteiger partial charge in [-0.15, -0.1) is 0 Å². The van der Waals surface area contributed by atoms with Crippen LogP contribution in [0, 0.1) is 12.8 Å². The number of hydrogen-bond donors (Lipinski definition) is 1. The first-order valence-corrected chi connectivity index (χ1v) is 5.57. The Kier molecular flexibility index (Phi) is 2.86. The molecule has 86 valence electrons. The van der Waals surface area contributed by atoms with Gasteiger partial charge in [0.25, 0.3) is 0 Å². The Labute approximate surface area is 95.7 Å². The van der Waals surface area contributed by atoms with Crippen molar-refractivity contribution in [3.8, 4) is 5.75 Å². The monoisotopic (exact) mass is 219 g/mol. The van der Waals surface area contributed by atoms with Crippen molar-refractivity contribution in [2.24, 2.45) is 11.1 Å². The van der Waals surface area contributed by atoms with Crippen LogP contribution in [0.15, 0.2) is 17.3 Å². The third-order valence-corrected chi connectivity index (χ3v) is 3.20. The van der Waals surface area contributed by atoms with Gasteiger partial charge in [0, 0.05) is 11.5 Å². The molecule has 1 aromatic carbocycles. The van der Waals surface area contributed by atoms with E-state index in [0.717, 1.165) is 35.2 Å². The smallest absolute Gasteiger partial charge is 0.118 e. The molecule has 1 N–H and O–H groups in total. The van der Waals surface area contributed by atoms with Gasteiger partial charge in [-0.1, -0.05) is 12.1 Å². The molecular weight excluding hydrogens is 202 g/mol. The van der Waals surface area contributed by atoms with Gasteiger partial charge in [-0.3, -0.25) is 0 Å². The van der Waals surface area contributed by atoms with Gasteiger partial charge in [-0.2, -0.15) is 0 Å². The SMILES string of the molecule is CON=C1c2cc(C)c(O)cc2CCC1C. The molecule has 1 aromatic rings. The van der Waals surface area contributed by atoms with E-state index in [2.05, 4.69) is 12.1 Å². The second kappa shape index (κ2) is 4.16. The van der Waals surface area contributed by atoms with Crippen LogP contribution in [0.2, 0.25) is 0 Å². The lowest BCUT2D eigenvalue weighted by molar-refractivity contribution is 0.211. The maximum atomic E-state index is 9.69. The molecule has 16 heavy (non-hydrogen) atoms. The number of phenols is 1. The van der Waals surface area contributed by atoms with Crippen molar-refractivity contribution in [1.82, 2.24) is 0 Å². The summed E-state index contributed by atoms with van der Waals surface area (Å²) in [5.74, 6) is 0.779. The fourth-order valence-electron chi connectivity index (χ4n) is 2.20. The van der Waals surface area contributed by atoms with Gasteiger partial charge < -0.3 is 9.94 Å². The normalized spacial score (nSPS) is 21.9. The Hall–Kier alpha value is -1.51. The molecule has 0 saturated heterocycles. The quantitative estimate of drug-likeness (QED) is 0.738. The third kappa shape index (κ3) is 1.77. The lowest BCUT2D eigenvalue weighted by Crippen LogP contribution is -2.21. The number of hydrogen-bond acceptors (Lipinski definition) is 3. The van der Waals surface area contributed by atoms with Crippen molar-refractivity contribution in [3.63, 3.8) is 0 Å². The minimum absolute atomic E-state index is 0.366. The summed E-state index contributed by atoms with van der Waals surface area (Å²) in [6, 6.07) is 3.85. The van der Waals surface area contributed by atoms with Gasteiger partial charge in [0.1, 0.15) is 12.9 Å². The predicted molar refractivity (Wildman–Crippen MR) is 63.9 cm³/mol. The van der Waals surface area contributed by atoms with Crippen LogP contribution in [0.1, 0.15) is 30.0 Å². The largest absolute Gasteiger partial charge is 0.508 e. The van der Waals surface area contributed by atoms with Crippen LogP contribution in [-0.2, 0) is 11.3 Å². The molecule has 1 atom stereocenters. The first-order valence-electron chi connectivity index (χ1n) is 5.57. The minimum Gasteiger partial charge on any atom is -0.508 e. The average Bonchev–Trinajstić information content (AvgIpc) is 2.25. The van der Waals surface area contributed by atoms with E-state index in [9.17, 15) is 5.11 Å². The molecule has 2 rings (SSSR count). The van der Waals surface area contributed by atoms with E-state index in [0.29, 0.717) is 11.7 Å². The van der Waals surface area contributed by atoms with E-state index in [-0.39, 0.29) is 0 Å². The Bertz CT molecular complexity index is 438. The number of fused-ring (bicyclic) bond motifs is 1. The highest BCUT2D eigenvalue weighted by molar-refractivity contribution is 6.04. The van der Waals surface area contributed by atoms with Crippen molar-refractivity contribution < 1.29 is 9.94 Å². The third-order valence-electron chi connectivity index (χ3n) is 3.20. The van der Waals surface area contributed by atoms with Gasteiger partial charge in [0.2, 0.25) is 0 Å². The Morgan fingerprint density at radius 1 is 1.44 bits per heavy atom. The zero-order valence-electron chi connectivity index (χ0n) is 9.95. The van der Waals surface area contributed by atoms with Crippen molar-refractivity contribution in [1.29, 1.82) is 0 Å². The van der Waals surface area contributed by atoms with Crippen LogP contribution in [0.25, 0.3) is 0 Å². The van der Waals surface area contributed by atoms with Crippen molar-refractivity contribution >= 4 is 5.71 Å². The number of rotatable bonds is 1. The first kappa shape index (κ1) is 11.0. The summed E-state index contributed by atoms with van der Waals surface area (Å²) in [4.78, 5) is 4.90. The van der Waals surface area contributed by atoms with Gasteiger partial charge in [-0.05, 0) is 43.0 Å². The second-order valence-electron chi connectivity index (χ2n) is 4.39. The number of phenolic OH excluding ortho intramolecular Hbond substituents is 1. The second-order valence-corrected chi connectivity index (χ2v) is 4.39. The maximum absolute atomic E-state index is 9.69. The van der Waals surface area contributed by atoms with Crippen LogP contribution < -0.4 is 0 Å². The van der Waals surface area contributed by atoms with E-state index < -0.39 is 0 Å². The number of aryl methyl sites for hydroxylation is 2.